The molecular formula is C36H34N2O6. The predicted octanol–water partition coefficient (Wildman–Crippen LogP) is 4.83. The van der Waals surface area contributed by atoms with Gasteiger partial charge in [0.25, 0.3) is 0 Å². The average molecular weight is 591 g/mol. The van der Waals surface area contributed by atoms with Gasteiger partial charge in [-0.25, -0.2) is 0 Å². The number of hydrogen-bond acceptors (Lipinski definition) is 6. The second-order valence-electron chi connectivity index (χ2n) is 12.1. The van der Waals surface area contributed by atoms with E-state index in [1.54, 1.807) is 18.2 Å². The standard InChI is InChI=1S/C36H34N2O6/c1-2-44-28-15-9-14-24(32(28)39)29-23-16-17-25-30(35(42)37(33(25)40)19-21-10-5-3-6-11-21)26(23)18-27-31(29)36(43)38(34(27)41)20-22-12-7-4-8-13-22/h3-16,25-27,29-31,39H,2,17-20H2,1H3. The summed E-state index contributed by atoms with van der Waals surface area (Å²) < 4.78 is 5.70. The molecule has 4 amide bonds. The van der Waals surface area contributed by atoms with Crippen LogP contribution < -0.4 is 4.74 Å². The van der Waals surface area contributed by atoms with Crippen LogP contribution in [0.5, 0.6) is 11.5 Å². The Morgan fingerprint density at radius 1 is 0.705 bits per heavy atom. The molecule has 0 aromatic heterocycles. The molecule has 2 aliphatic heterocycles. The number of ether oxygens (including phenoxy) is 1. The summed E-state index contributed by atoms with van der Waals surface area (Å²) in [5.74, 6) is -4.36. The molecule has 224 valence electrons. The number of hydrogen-bond donors (Lipinski definition) is 1. The predicted molar refractivity (Wildman–Crippen MR) is 161 cm³/mol. The average Bonchev–Trinajstić information content (AvgIpc) is 3.42. The van der Waals surface area contributed by atoms with E-state index in [1.807, 2.05) is 73.7 Å². The molecule has 7 rings (SSSR count). The molecule has 3 aromatic rings. The number of carbonyl (C=O) groups is 4. The van der Waals surface area contributed by atoms with Crippen molar-refractivity contribution >= 4 is 23.6 Å². The van der Waals surface area contributed by atoms with Crippen molar-refractivity contribution in [1.29, 1.82) is 0 Å². The van der Waals surface area contributed by atoms with Crippen LogP contribution in [0.4, 0.5) is 0 Å². The summed E-state index contributed by atoms with van der Waals surface area (Å²) in [4.78, 5) is 58.6. The fourth-order valence-corrected chi connectivity index (χ4v) is 7.97. The largest absolute Gasteiger partial charge is 0.504 e. The van der Waals surface area contributed by atoms with Gasteiger partial charge in [-0.1, -0.05) is 84.4 Å². The van der Waals surface area contributed by atoms with Gasteiger partial charge in [0.2, 0.25) is 23.6 Å². The van der Waals surface area contributed by atoms with Gasteiger partial charge < -0.3 is 9.84 Å². The summed E-state index contributed by atoms with van der Waals surface area (Å²) in [6.45, 7) is 2.52. The Hall–Kier alpha value is -4.72. The molecule has 2 aliphatic carbocycles. The van der Waals surface area contributed by atoms with Crippen molar-refractivity contribution in [2.75, 3.05) is 6.61 Å². The first-order valence-corrected chi connectivity index (χ1v) is 15.3. The highest BCUT2D eigenvalue weighted by Crippen LogP contribution is 2.59. The molecule has 6 unspecified atom stereocenters. The normalized spacial score (nSPS) is 27.6. The lowest BCUT2D eigenvalue weighted by molar-refractivity contribution is -0.142. The van der Waals surface area contributed by atoms with Gasteiger partial charge in [-0.05, 0) is 42.9 Å². The molecular weight excluding hydrogens is 556 g/mol. The zero-order valence-corrected chi connectivity index (χ0v) is 24.5. The number of benzene rings is 3. The van der Waals surface area contributed by atoms with Gasteiger partial charge in [-0.15, -0.1) is 0 Å². The number of para-hydroxylation sites is 1. The number of phenolic OH excluding ortho intramolecular Hbond substituents is 1. The molecule has 2 heterocycles. The first-order chi connectivity index (χ1) is 21.4. The number of amides is 4. The molecule has 3 fully saturated rings. The van der Waals surface area contributed by atoms with E-state index in [4.69, 9.17) is 4.74 Å². The Bertz CT molecular complexity index is 1670. The Morgan fingerprint density at radius 2 is 1.30 bits per heavy atom. The van der Waals surface area contributed by atoms with E-state index in [1.165, 1.54) is 9.80 Å². The summed E-state index contributed by atoms with van der Waals surface area (Å²) in [6.07, 6.45) is 2.66. The van der Waals surface area contributed by atoms with E-state index in [2.05, 4.69) is 0 Å². The maximum atomic E-state index is 14.2. The van der Waals surface area contributed by atoms with Gasteiger partial charge in [0, 0.05) is 11.5 Å². The van der Waals surface area contributed by atoms with Crippen LogP contribution in [0.1, 0.15) is 42.4 Å². The number of aromatic hydroxyl groups is 1. The molecule has 44 heavy (non-hydrogen) atoms. The Labute approximate surface area is 255 Å². The quantitative estimate of drug-likeness (QED) is 0.312. The number of nitrogens with zero attached hydrogens (tertiary/aromatic N) is 2. The summed E-state index contributed by atoms with van der Waals surface area (Å²) in [5, 5.41) is 11.4. The summed E-state index contributed by atoms with van der Waals surface area (Å²) >= 11 is 0. The van der Waals surface area contributed by atoms with E-state index in [0.29, 0.717) is 30.8 Å². The summed E-state index contributed by atoms with van der Waals surface area (Å²) in [6, 6.07) is 24.1. The molecule has 1 saturated carbocycles. The molecule has 0 spiro atoms. The van der Waals surface area contributed by atoms with Gasteiger partial charge in [0.15, 0.2) is 11.5 Å². The third-order valence-corrected chi connectivity index (χ3v) is 9.86. The highest BCUT2D eigenvalue weighted by atomic mass is 16.5. The van der Waals surface area contributed by atoms with E-state index in [0.717, 1.165) is 16.7 Å². The Balaban J connectivity index is 1.30. The zero-order chi connectivity index (χ0) is 30.5. The van der Waals surface area contributed by atoms with Crippen LogP contribution in [0.25, 0.3) is 0 Å². The molecule has 3 aromatic carbocycles. The van der Waals surface area contributed by atoms with Crippen LogP contribution >= 0.6 is 0 Å². The number of likely N-dealkylation sites (tertiary alicyclic amines) is 2. The minimum Gasteiger partial charge on any atom is -0.504 e. The van der Waals surface area contributed by atoms with Crippen molar-refractivity contribution in [2.24, 2.45) is 29.6 Å². The molecule has 8 heteroatoms. The summed E-state index contributed by atoms with van der Waals surface area (Å²) in [5.41, 5.74) is 3.06. The lowest BCUT2D eigenvalue weighted by Gasteiger charge is -2.44. The van der Waals surface area contributed by atoms with Crippen molar-refractivity contribution in [3.05, 3.63) is 107 Å². The number of imide groups is 2. The van der Waals surface area contributed by atoms with Gasteiger partial charge in [0.05, 0.1) is 43.4 Å². The molecule has 6 atom stereocenters. The maximum Gasteiger partial charge on any atom is 0.234 e. The third-order valence-electron chi connectivity index (χ3n) is 9.86. The lowest BCUT2D eigenvalue weighted by Crippen LogP contribution is -2.43. The fourth-order valence-electron chi connectivity index (χ4n) is 7.97. The van der Waals surface area contributed by atoms with E-state index >= 15 is 0 Å². The molecule has 4 aliphatic rings. The van der Waals surface area contributed by atoms with Crippen LogP contribution in [0.2, 0.25) is 0 Å². The van der Waals surface area contributed by atoms with Crippen LogP contribution in [0.15, 0.2) is 90.5 Å². The lowest BCUT2D eigenvalue weighted by atomic mass is 9.57. The third kappa shape index (κ3) is 4.43. The minimum atomic E-state index is -0.735. The van der Waals surface area contributed by atoms with Crippen molar-refractivity contribution in [3.63, 3.8) is 0 Å². The van der Waals surface area contributed by atoms with Gasteiger partial charge >= 0.3 is 0 Å². The number of phenols is 1. The maximum absolute atomic E-state index is 14.2. The molecule has 1 N–H and O–H groups in total. The highest BCUT2D eigenvalue weighted by Gasteiger charge is 2.62. The first-order valence-electron chi connectivity index (χ1n) is 15.3. The number of allylic oxidation sites excluding steroid dienone is 2. The fraction of sp³-hybridized carbons (Fsp3) is 0.333. The smallest absolute Gasteiger partial charge is 0.234 e. The van der Waals surface area contributed by atoms with Crippen molar-refractivity contribution in [3.8, 4) is 11.5 Å². The van der Waals surface area contributed by atoms with E-state index in [9.17, 15) is 24.3 Å². The second kappa shape index (κ2) is 11.1. The van der Waals surface area contributed by atoms with Crippen LogP contribution in [0.3, 0.4) is 0 Å². The number of fused-ring (bicyclic) bond motifs is 4. The summed E-state index contributed by atoms with van der Waals surface area (Å²) in [7, 11) is 0. The van der Waals surface area contributed by atoms with Crippen molar-refractivity contribution < 1.29 is 29.0 Å². The Morgan fingerprint density at radius 3 is 1.91 bits per heavy atom. The van der Waals surface area contributed by atoms with Gasteiger partial charge in [0.1, 0.15) is 0 Å². The molecule has 0 bridgehead atoms. The SMILES string of the molecule is CCOc1cccc(C2C3=CCC4C(=O)N(Cc5ccccc5)C(=O)C4C3CC3C(=O)N(Cc4ccccc4)C(=O)C32)c1O. The highest BCUT2D eigenvalue weighted by molar-refractivity contribution is 6.08. The van der Waals surface area contributed by atoms with Crippen molar-refractivity contribution in [2.45, 2.75) is 38.8 Å². The van der Waals surface area contributed by atoms with Gasteiger partial charge in [-0.3, -0.25) is 29.0 Å². The minimum absolute atomic E-state index is 0.0666. The molecule has 2 saturated heterocycles. The number of rotatable bonds is 7. The van der Waals surface area contributed by atoms with Crippen LogP contribution in [-0.2, 0) is 32.3 Å². The van der Waals surface area contributed by atoms with Gasteiger partial charge in [-0.2, -0.15) is 0 Å². The monoisotopic (exact) mass is 590 g/mol. The van der Waals surface area contributed by atoms with E-state index < -0.39 is 35.5 Å². The molecule has 8 nitrogen and oxygen atoms in total. The zero-order valence-electron chi connectivity index (χ0n) is 24.5. The Kier molecular flexibility index (Phi) is 7.07. The molecule has 0 radical (unpaired) electrons. The van der Waals surface area contributed by atoms with Crippen LogP contribution in [-0.4, -0.2) is 45.1 Å². The van der Waals surface area contributed by atoms with E-state index in [-0.39, 0.29) is 42.5 Å². The van der Waals surface area contributed by atoms with Crippen molar-refractivity contribution in [1.82, 2.24) is 9.80 Å². The first kappa shape index (κ1) is 28.1. The second-order valence-corrected chi connectivity index (χ2v) is 12.1. The van der Waals surface area contributed by atoms with Crippen LogP contribution in [0, 0.1) is 29.6 Å². The topological polar surface area (TPSA) is 104 Å². The number of carbonyl (C=O) groups excluding carboxylic acids is 4.